The monoisotopic (exact) mass is 1270 g/mol. The second kappa shape index (κ2) is 80.5. The Morgan fingerprint density at radius 3 is 0.652 bits per heavy atom. The number of ether oxygens (including phenoxy) is 2. The first kappa shape index (κ1) is 87.3. The first-order chi connectivity index (χ1) is 45.6. The number of rotatable bonds is 70. The molecule has 0 aromatic heterocycles. The summed E-state index contributed by atoms with van der Waals surface area (Å²) >= 11 is 0. The van der Waals surface area contributed by atoms with Gasteiger partial charge in [-0.25, -0.2) is 0 Å². The number of aliphatic hydroxyl groups is 1. The molecule has 0 radical (unpaired) electrons. The standard InChI is InChI=1S/C87H144O5/c1-3-5-7-9-11-13-15-17-19-21-23-25-27-29-31-33-35-37-39-41-42-43-44-46-48-50-52-54-56-58-60-62-64-66-68-70-72-74-76-78-80-82-87(90)92-85(83-88)84-91-86(89)81-79-77-75-73-71-69-67-65-63-61-59-57-55-53-51-49-47-45-40-38-36-34-32-30-28-26-24-22-20-18-16-14-12-10-8-6-4-2/h5-8,11-14,17-20,23-26,29-32,35,37,41-42,44,46,50,52,85,88H,3-4,9-10,15-16,21-22,27-28,33-34,36,38-40,43,45,47-49,51,53-84H2,1-2H3/b7-5-,8-6-,13-11-,14-12-,19-17-,20-18-,25-23-,26-24-,31-29-,32-30-,37-35-,42-41-,46-44-,52-50-. The molecule has 0 aliphatic heterocycles. The summed E-state index contributed by atoms with van der Waals surface area (Å²) in [6, 6.07) is 0. The number of allylic oxidation sites excluding steroid dienone is 28. The number of hydrogen-bond donors (Lipinski definition) is 1. The van der Waals surface area contributed by atoms with E-state index in [1.807, 2.05) is 0 Å². The molecule has 1 N–H and O–H groups in total. The van der Waals surface area contributed by atoms with E-state index in [0.29, 0.717) is 12.8 Å². The van der Waals surface area contributed by atoms with Crippen LogP contribution in [0.2, 0.25) is 0 Å². The Kier molecular flexibility index (Phi) is 76.3. The predicted octanol–water partition coefficient (Wildman–Crippen LogP) is 27.5. The maximum Gasteiger partial charge on any atom is 0.306 e. The van der Waals surface area contributed by atoms with E-state index >= 15 is 0 Å². The molecule has 0 saturated carbocycles. The summed E-state index contributed by atoms with van der Waals surface area (Å²) in [6.45, 7) is 3.93. The van der Waals surface area contributed by atoms with E-state index < -0.39 is 6.10 Å². The van der Waals surface area contributed by atoms with Crippen molar-refractivity contribution >= 4 is 11.9 Å². The highest BCUT2D eigenvalue weighted by Crippen LogP contribution is 2.18. The van der Waals surface area contributed by atoms with Crippen LogP contribution in [-0.4, -0.2) is 36.4 Å². The van der Waals surface area contributed by atoms with Crippen LogP contribution in [0.1, 0.15) is 348 Å². The average molecular weight is 1270 g/mol. The highest BCUT2D eigenvalue weighted by Gasteiger charge is 2.16. The first-order valence-electron chi connectivity index (χ1n) is 38.7. The molecular weight excluding hydrogens is 1120 g/mol. The lowest BCUT2D eigenvalue weighted by molar-refractivity contribution is -0.161. The minimum Gasteiger partial charge on any atom is -0.462 e. The second-order valence-electron chi connectivity index (χ2n) is 25.3. The van der Waals surface area contributed by atoms with Gasteiger partial charge in [0, 0.05) is 12.8 Å². The second-order valence-corrected chi connectivity index (χ2v) is 25.3. The molecular formula is C87H144O5. The van der Waals surface area contributed by atoms with Gasteiger partial charge in [-0.3, -0.25) is 9.59 Å². The Morgan fingerprint density at radius 1 is 0.250 bits per heavy atom. The summed E-state index contributed by atoms with van der Waals surface area (Å²) in [5.74, 6) is -0.585. The van der Waals surface area contributed by atoms with Crippen molar-refractivity contribution in [2.45, 2.75) is 354 Å². The first-order valence-corrected chi connectivity index (χ1v) is 38.7. The Balaban J connectivity index is 3.49. The van der Waals surface area contributed by atoms with Crippen LogP contribution in [0, 0.1) is 0 Å². The number of esters is 2. The maximum absolute atomic E-state index is 12.4. The fourth-order valence-corrected chi connectivity index (χ4v) is 10.8. The van der Waals surface area contributed by atoms with Crippen LogP contribution in [0.15, 0.2) is 170 Å². The van der Waals surface area contributed by atoms with Crippen LogP contribution >= 0.6 is 0 Å². The number of unbranched alkanes of at least 4 members (excludes halogenated alkanes) is 34. The van der Waals surface area contributed by atoms with Crippen LogP contribution < -0.4 is 0 Å². The molecule has 1 unspecified atom stereocenters. The number of hydrogen-bond acceptors (Lipinski definition) is 5. The van der Waals surface area contributed by atoms with Gasteiger partial charge in [0.05, 0.1) is 6.61 Å². The molecule has 5 heteroatoms. The topological polar surface area (TPSA) is 72.8 Å². The van der Waals surface area contributed by atoms with E-state index in [1.165, 1.54) is 193 Å². The number of carbonyl (C=O) groups excluding carboxylic acids is 2. The van der Waals surface area contributed by atoms with E-state index in [0.717, 1.165) is 128 Å². The lowest BCUT2D eigenvalue weighted by atomic mass is 10.0. The summed E-state index contributed by atoms with van der Waals surface area (Å²) in [7, 11) is 0. The highest BCUT2D eigenvalue weighted by molar-refractivity contribution is 5.70. The Hall–Kier alpha value is -4.74. The van der Waals surface area contributed by atoms with Crippen molar-refractivity contribution in [3.05, 3.63) is 170 Å². The van der Waals surface area contributed by atoms with Crippen LogP contribution in [0.25, 0.3) is 0 Å². The van der Waals surface area contributed by atoms with Gasteiger partial charge in [0.1, 0.15) is 6.61 Å². The van der Waals surface area contributed by atoms with Gasteiger partial charge in [0.15, 0.2) is 6.10 Å². The minimum absolute atomic E-state index is 0.0700. The van der Waals surface area contributed by atoms with Gasteiger partial charge in [0.2, 0.25) is 0 Å². The lowest BCUT2D eigenvalue weighted by Crippen LogP contribution is -2.28. The molecule has 0 heterocycles. The molecule has 0 aliphatic carbocycles. The Labute approximate surface area is 570 Å². The average Bonchev–Trinajstić information content (AvgIpc) is 3.64. The molecule has 0 aromatic carbocycles. The molecule has 0 fully saturated rings. The van der Waals surface area contributed by atoms with Gasteiger partial charge >= 0.3 is 11.9 Å². The highest BCUT2D eigenvalue weighted by atomic mass is 16.6. The zero-order valence-corrected chi connectivity index (χ0v) is 60.0. The molecule has 0 rings (SSSR count). The van der Waals surface area contributed by atoms with Crippen molar-refractivity contribution in [3.8, 4) is 0 Å². The third-order valence-electron chi connectivity index (χ3n) is 16.5. The van der Waals surface area contributed by atoms with Crippen molar-refractivity contribution < 1.29 is 24.2 Å². The van der Waals surface area contributed by atoms with E-state index in [4.69, 9.17) is 9.47 Å². The largest absolute Gasteiger partial charge is 0.462 e. The fraction of sp³-hybridized carbons (Fsp3) is 0.655. The van der Waals surface area contributed by atoms with E-state index in [-0.39, 0.29) is 25.2 Å². The molecule has 0 aliphatic rings. The third-order valence-corrected chi connectivity index (χ3v) is 16.5. The predicted molar refractivity (Wildman–Crippen MR) is 407 cm³/mol. The van der Waals surface area contributed by atoms with E-state index in [1.54, 1.807) is 0 Å². The molecule has 0 saturated heterocycles. The summed E-state index contributed by atoms with van der Waals surface area (Å²) in [4.78, 5) is 24.7. The van der Waals surface area contributed by atoms with Gasteiger partial charge in [0.25, 0.3) is 0 Å². The van der Waals surface area contributed by atoms with Crippen molar-refractivity contribution in [3.63, 3.8) is 0 Å². The number of carbonyl (C=O) groups is 2. The molecule has 0 spiro atoms. The number of aliphatic hydroxyl groups excluding tert-OH is 1. The van der Waals surface area contributed by atoms with Crippen LogP contribution in [-0.2, 0) is 19.1 Å². The van der Waals surface area contributed by atoms with Crippen molar-refractivity contribution in [2.24, 2.45) is 0 Å². The minimum atomic E-state index is -0.782. The van der Waals surface area contributed by atoms with E-state index in [2.05, 4.69) is 184 Å². The van der Waals surface area contributed by atoms with Crippen molar-refractivity contribution in [1.29, 1.82) is 0 Å². The van der Waals surface area contributed by atoms with E-state index in [9.17, 15) is 14.7 Å². The fourth-order valence-electron chi connectivity index (χ4n) is 10.8. The van der Waals surface area contributed by atoms with Gasteiger partial charge in [-0.05, 0) is 128 Å². The van der Waals surface area contributed by atoms with Gasteiger partial charge < -0.3 is 14.6 Å². The Morgan fingerprint density at radius 2 is 0.435 bits per heavy atom. The van der Waals surface area contributed by atoms with Crippen LogP contribution in [0.3, 0.4) is 0 Å². The zero-order chi connectivity index (χ0) is 66.1. The molecule has 0 bridgehead atoms. The van der Waals surface area contributed by atoms with Crippen molar-refractivity contribution in [2.75, 3.05) is 13.2 Å². The molecule has 0 amide bonds. The van der Waals surface area contributed by atoms with Crippen LogP contribution in [0.4, 0.5) is 0 Å². The molecule has 92 heavy (non-hydrogen) atoms. The third kappa shape index (κ3) is 77.7. The molecule has 522 valence electrons. The van der Waals surface area contributed by atoms with Gasteiger partial charge in [-0.2, -0.15) is 0 Å². The summed E-state index contributed by atoms with van der Waals surface area (Å²) < 4.78 is 10.8. The van der Waals surface area contributed by atoms with Gasteiger partial charge in [-0.15, -0.1) is 0 Å². The summed E-state index contributed by atoms with van der Waals surface area (Å²) in [6.07, 6.45) is 124. The molecule has 5 nitrogen and oxygen atoms in total. The molecule has 0 aromatic rings. The summed E-state index contributed by atoms with van der Waals surface area (Å²) in [5.41, 5.74) is 0. The lowest BCUT2D eigenvalue weighted by Gasteiger charge is -2.15. The SMILES string of the molecule is CC/C=C\C/C=C\C/C=C\C/C=C\C/C=C\C/C=C\C/C=C\C/C=C\C/C=C\CCCCCCCCCCCCCCCC(=O)OC(CO)COC(=O)CCCCCCCCCCCCCCCCCCCCCCC/C=C\C/C=C\C/C=C\C/C=C\C/C=C\CC. The van der Waals surface area contributed by atoms with Gasteiger partial charge in [-0.1, -0.05) is 377 Å². The Bertz CT molecular complexity index is 1980. The summed E-state index contributed by atoms with van der Waals surface area (Å²) in [5, 5.41) is 9.73. The van der Waals surface area contributed by atoms with Crippen molar-refractivity contribution in [1.82, 2.24) is 0 Å². The normalized spacial score (nSPS) is 13.2. The molecule has 1 atom stereocenters. The quantitative estimate of drug-likeness (QED) is 0.0373. The maximum atomic E-state index is 12.4. The smallest absolute Gasteiger partial charge is 0.306 e. The zero-order valence-electron chi connectivity index (χ0n) is 60.0. The van der Waals surface area contributed by atoms with Crippen LogP contribution in [0.5, 0.6) is 0 Å².